The number of phosphoric acid groups is 1. The van der Waals surface area contributed by atoms with Crippen molar-refractivity contribution < 1.29 is 47.8 Å². The molecule has 0 bridgehead atoms. The van der Waals surface area contributed by atoms with Crippen LogP contribution in [0.2, 0.25) is 0 Å². The number of phosphoric ester groups is 1. The standard InChI is InChI=1S/C49H94NO10P/c1-3-5-7-9-11-13-15-17-19-20-21-22-23-24-25-26-27-29-31-33-35-37-39-41-48(53)58-42-45(51)43-59-61(56,57)60-44-46(49(54)55)50-47(52)40-38-36-34-32-30-28-18-16-14-12-10-8-6-4-2/h17,19,45-46,51H,3-16,18,20-44H2,1-2H3,(H,50,52)(H,54,55)(H,56,57)/b19-17+. The Morgan fingerprint density at radius 3 is 1.25 bits per heavy atom. The van der Waals surface area contributed by atoms with Gasteiger partial charge in [0.05, 0.1) is 13.2 Å². The molecule has 0 radical (unpaired) electrons. The number of esters is 1. The highest BCUT2D eigenvalue weighted by Crippen LogP contribution is 2.43. The van der Waals surface area contributed by atoms with Crippen molar-refractivity contribution in [1.82, 2.24) is 5.32 Å². The van der Waals surface area contributed by atoms with Gasteiger partial charge in [-0.15, -0.1) is 0 Å². The highest BCUT2D eigenvalue weighted by atomic mass is 31.2. The molecule has 0 rings (SSSR count). The lowest BCUT2D eigenvalue weighted by Crippen LogP contribution is -2.43. The number of carbonyl (C=O) groups excluding carboxylic acids is 2. The molecule has 0 saturated carbocycles. The van der Waals surface area contributed by atoms with E-state index in [0.717, 1.165) is 38.5 Å². The molecular formula is C49H94NO10P. The molecule has 61 heavy (non-hydrogen) atoms. The second kappa shape index (κ2) is 44.8. The van der Waals surface area contributed by atoms with Gasteiger partial charge in [-0.1, -0.05) is 212 Å². The summed E-state index contributed by atoms with van der Waals surface area (Å²) in [4.78, 5) is 46.0. The zero-order chi connectivity index (χ0) is 44.9. The first-order chi connectivity index (χ1) is 29.6. The first kappa shape index (κ1) is 59.2. The number of hydrogen-bond acceptors (Lipinski definition) is 8. The number of aliphatic hydroxyl groups excluding tert-OH is 1. The van der Waals surface area contributed by atoms with E-state index >= 15 is 0 Å². The number of carboxylic acids is 1. The molecule has 0 aliphatic heterocycles. The zero-order valence-corrected chi connectivity index (χ0v) is 40.1. The summed E-state index contributed by atoms with van der Waals surface area (Å²) in [5.74, 6) is -2.35. The quantitative estimate of drug-likeness (QED) is 0.0200. The number of allylic oxidation sites excluding steroid dienone is 2. The van der Waals surface area contributed by atoms with Gasteiger partial charge in [-0.25, -0.2) is 9.36 Å². The molecule has 0 aromatic heterocycles. The second-order valence-electron chi connectivity index (χ2n) is 17.4. The van der Waals surface area contributed by atoms with Crippen molar-refractivity contribution >= 4 is 25.7 Å². The lowest BCUT2D eigenvalue weighted by atomic mass is 10.0. The summed E-state index contributed by atoms with van der Waals surface area (Å²) in [6, 6.07) is -1.54. The topological polar surface area (TPSA) is 169 Å². The summed E-state index contributed by atoms with van der Waals surface area (Å²) in [7, 11) is -4.75. The van der Waals surface area contributed by atoms with E-state index in [9.17, 15) is 34.1 Å². The molecule has 1 amide bonds. The van der Waals surface area contributed by atoms with Gasteiger partial charge in [-0.05, 0) is 38.5 Å². The van der Waals surface area contributed by atoms with Gasteiger partial charge < -0.3 is 25.2 Å². The van der Waals surface area contributed by atoms with Crippen LogP contribution in [0.4, 0.5) is 0 Å². The van der Waals surface area contributed by atoms with Gasteiger partial charge in [0.2, 0.25) is 5.91 Å². The Labute approximate surface area is 373 Å². The maximum absolute atomic E-state index is 12.3. The van der Waals surface area contributed by atoms with Crippen molar-refractivity contribution in [1.29, 1.82) is 0 Å². The van der Waals surface area contributed by atoms with Crippen LogP contribution in [-0.2, 0) is 32.7 Å². The number of carboxylic acid groups (broad SMARTS) is 1. The maximum Gasteiger partial charge on any atom is 0.472 e. The van der Waals surface area contributed by atoms with Gasteiger partial charge in [-0.2, -0.15) is 0 Å². The molecule has 0 aliphatic carbocycles. The van der Waals surface area contributed by atoms with E-state index < -0.39 is 57.6 Å². The monoisotopic (exact) mass is 888 g/mol. The van der Waals surface area contributed by atoms with Crippen LogP contribution in [0.25, 0.3) is 0 Å². The average Bonchev–Trinajstić information content (AvgIpc) is 3.24. The van der Waals surface area contributed by atoms with Crippen molar-refractivity contribution in [3.8, 4) is 0 Å². The van der Waals surface area contributed by atoms with Gasteiger partial charge in [0.25, 0.3) is 0 Å². The number of carbonyl (C=O) groups is 3. The third-order valence-corrected chi connectivity index (χ3v) is 12.3. The largest absolute Gasteiger partial charge is 0.480 e. The van der Waals surface area contributed by atoms with E-state index in [1.165, 1.54) is 173 Å². The van der Waals surface area contributed by atoms with E-state index in [1.807, 2.05) is 0 Å². The van der Waals surface area contributed by atoms with Crippen molar-refractivity contribution in [2.45, 2.75) is 264 Å². The molecule has 360 valence electrons. The van der Waals surface area contributed by atoms with E-state index in [0.29, 0.717) is 12.8 Å². The van der Waals surface area contributed by atoms with E-state index in [-0.39, 0.29) is 12.8 Å². The molecular weight excluding hydrogens is 794 g/mol. The molecule has 11 nitrogen and oxygen atoms in total. The molecule has 3 atom stereocenters. The number of ether oxygens (including phenoxy) is 1. The molecule has 0 aromatic rings. The second-order valence-corrected chi connectivity index (χ2v) is 18.8. The average molecular weight is 888 g/mol. The zero-order valence-electron chi connectivity index (χ0n) is 39.2. The molecule has 12 heteroatoms. The number of aliphatic carboxylic acids is 1. The molecule has 0 fully saturated rings. The minimum Gasteiger partial charge on any atom is -0.480 e. The van der Waals surface area contributed by atoms with E-state index in [4.69, 9.17) is 13.8 Å². The molecule has 0 heterocycles. The fourth-order valence-corrected chi connectivity index (χ4v) is 8.14. The highest BCUT2D eigenvalue weighted by Gasteiger charge is 2.28. The molecule has 0 aliphatic rings. The SMILES string of the molecule is CCCCCCCC/C=C/CCCCCCCCCCCCCCCC(=O)OCC(O)COP(=O)(O)OCC(NC(=O)CCCCCCCCCCCCCCCC)C(=O)O. The Balaban J connectivity index is 3.77. The van der Waals surface area contributed by atoms with Crippen LogP contribution >= 0.6 is 7.82 Å². The highest BCUT2D eigenvalue weighted by molar-refractivity contribution is 7.47. The fourth-order valence-electron chi connectivity index (χ4n) is 7.37. The van der Waals surface area contributed by atoms with Crippen LogP contribution in [0, 0.1) is 0 Å². The van der Waals surface area contributed by atoms with E-state index in [2.05, 4.69) is 31.3 Å². The Morgan fingerprint density at radius 1 is 0.508 bits per heavy atom. The number of nitrogens with one attached hydrogen (secondary N) is 1. The fraction of sp³-hybridized carbons (Fsp3) is 0.898. The van der Waals surface area contributed by atoms with Crippen LogP contribution in [0.15, 0.2) is 12.2 Å². The lowest BCUT2D eigenvalue weighted by Gasteiger charge is -2.18. The third kappa shape index (κ3) is 44.6. The van der Waals surface area contributed by atoms with E-state index in [1.54, 1.807) is 0 Å². The minimum atomic E-state index is -4.75. The Hall–Kier alpha value is -1.78. The summed E-state index contributed by atoms with van der Waals surface area (Å²) in [5.41, 5.74) is 0. The number of rotatable bonds is 48. The molecule has 0 spiro atoms. The van der Waals surface area contributed by atoms with Crippen molar-refractivity contribution in [3.05, 3.63) is 12.2 Å². The van der Waals surface area contributed by atoms with Crippen LogP contribution in [-0.4, -0.2) is 64.9 Å². The first-order valence-corrected chi connectivity index (χ1v) is 26.7. The number of hydrogen-bond donors (Lipinski definition) is 4. The predicted octanol–water partition coefficient (Wildman–Crippen LogP) is 13.6. The lowest BCUT2D eigenvalue weighted by molar-refractivity contribution is -0.147. The van der Waals surface area contributed by atoms with Gasteiger partial charge in [0, 0.05) is 12.8 Å². The summed E-state index contributed by atoms with van der Waals surface area (Å²) in [6.07, 6.45) is 46.7. The Kier molecular flexibility index (Phi) is 43.5. The predicted molar refractivity (Wildman–Crippen MR) is 250 cm³/mol. The summed E-state index contributed by atoms with van der Waals surface area (Å²) in [6.45, 7) is 2.63. The van der Waals surface area contributed by atoms with Crippen molar-refractivity contribution in [2.24, 2.45) is 0 Å². The van der Waals surface area contributed by atoms with Gasteiger partial charge >= 0.3 is 19.8 Å². The third-order valence-electron chi connectivity index (χ3n) is 11.3. The summed E-state index contributed by atoms with van der Waals surface area (Å²) >= 11 is 0. The first-order valence-electron chi connectivity index (χ1n) is 25.2. The summed E-state index contributed by atoms with van der Waals surface area (Å²) in [5, 5.41) is 21.9. The molecule has 3 unspecified atom stereocenters. The Bertz CT molecular complexity index is 1090. The van der Waals surface area contributed by atoms with Crippen LogP contribution in [0.5, 0.6) is 0 Å². The van der Waals surface area contributed by atoms with Crippen LogP contribution in [0.1, 0.15) is 251 Å². The van der Waals surface area contributed by atoms with Crippen LogP contribution in [0.3, 0.4) is 0 Å². The maximum atomic E-state index is 12.3. The number of amides is 1. The van der Waals surface area contributed by atoms with Gasteiger partial charge in [-0.3, -0.25) is 18.6 Å². The minimum absolute atomic E-state index is 0.151. The van der Waals surface area contributed by atoms with Crippen LogP contribution < -0.4 is 5.32 Å². The van der Waals surface area contributed by atoms with Crippen molar-refractivity contribution in [3.63, 3.8) is 0 Å². The molecule has 0 saturated heterocycles. The smallest absolute Gasteiger partial charge is 0.472 e. The van der Waals surface area contributed by atoms with Crippen molar-refractivity contribution in [2.75, 3.05) is 19.8 Å². The summed E-state index contributed by atoms with van der Waals surface area (Å²) < 4.78 is 26.9. The number of unbranched alkanes of at least 4 members (excludes halogenated alkanes) is 32. The molecule has 0 aromatic carbocycles. The molecule has 4 N–H and O–H groups in total. The number of aliphatic hydroxyl groups is 1. The van der Waals surface area contributed by atoms with Gasteiger partial charge in [0.15, 0.2) is 6.04 Å². The van der Waals surface area contributed by atoms with Gasteiger partial charge in [0.1, 0.15) is 12.7 Å². The normalized spacial score (nSPS) is 13.6. The Morgan fingerprint density at radius 2 is 0.852 bits per heavy atom.